The van der Waals surface area contributed by atoms with E-state index in [-0.39, 0.29) is 10.6 Å². The van der Waals surface area contributed by atoms with Crippen LogP contribution in [0.15, 0.2) is 18.2 Å². The Morgan fingerprint density at radius 2 is 2.00 bits per heavy atom. The molecule has 3 heteroatoms. The number of para-hydroxylation sites is 1. The van der Waals surface area contributed by atoms with E-state index < -0.39 is 0 Å². The molecule has 0 bridgehead atoms. The molecule has 0 aliphatic heterocycles. The fourth-order valence-electron chi connectivity index (χ4n) is 1.30. The minimum Gasteiger partial charge on any atom is -0.258 e. The highest BCUT2D eigenvalue weighted by atomic mass is 16.6. The lowest BCUT2D eigenvalue weighted by atomic mass is 9.99. The first-order chi connectivity index (χ1) is 6.04. The summed E-state index contributed by atoms with van der Waals surface area (Å²) in [5.41, 5.74) is 1.66. The van der Waals surface area contributed by atoms with Crippen LogP contribution in [0.5, 0.6) is 0 Å². The smallest absolute Gasteiger partial charge is 0.258 e. The first-order valence-electron chi connectivity index (χ1n) is 4.08. The number of benzene rings is 1. The molecule has 0 aliphatic carbocycles. The van der Waals surface area contributed by atoms with Crippen molar-refractivity contribution in [3.63, 3.8) is 0 Å². The van der Waals surface area contributed by atoms with Gasteiger partial charge in [0.05, 0.1) is 4.92 Å². The third-order valence-electron chi connectivity index (χ3n) is 1.96. The van der Waals surface area contributed by atoms with E-state index in [2.05, 4.69) is 0 Å². The molecule has 1 aromatic rings. The molecule has 1 radical (unpaired) electrons. The molecule has 69 valence electrons. The van der Waals surface area contributed by atoms with Gasteiger partial charge in [-0.3, -0.25) is 10.1 Å². The highest BCUT2D eigenvalue weighted by Crippen LogP contribution is 2.28. The molecule has 0 saturated carbocycles. The largest absolute Gasteiger partial charge is 0.276 e. The molecule has 1 aromatic carbocycles. The van der Waals surface area contributed by atoms with Crippen molar-refractivity contribution in [3.8, 4) is 0 Å². The normalized spacial score (nSPS) is 10.5. The van der Waals surface area contributed by atoms with E-state index in [1.807, 2.05) is 19.9 Å². The lowest BCUT2D eigenvalue weighted by Crippen LogP contribution is -1.99. The van der Waals surface area contributed by atoms with Crippen molar-refractivity contribution >= 4 is 5.69 Å². The minimum atomic E-state index is -0.322. The predicted molar refractivity (Wildman–Crippen MR) is 51.5 cm³/mol. The molecule has 0 unspecified atom stereocenters. The van der Waals surface area contributed by atoms with Crippen molar-refractivity contribution in [1.82, 2.24) is 0 Å². The van der Waals surface area contributed by atoms with E-state index in [1.54, 1.807) is 19.1 Å². The summed E-state index contributed by atoms with van der Waals surface area (Å²) in [7, 11) is 0. The Bertz CT molecular complexity index is 332. The molecule has 0 atom stereocenters. The summed E-state index contributed by atoms with van der Waals surface area (Å²) < 4.78 is 0. The third-order valence-corrected chi connectivity index (χ3v) is 1.96. The van der Waals surface area contributed by atoms with Crippen LogP contribution in [0.1, 0.15) is 25.0 Å². The molecule has 0 N–H and O–H groups in total. The van der Waals surface area contributed by atoms with Gasteiger partial charge < -0.3 is 0 Å². The van der Waals surface area contributed by atoms with Crippen molar-refractivity contribution in [3.05, 3.63) is 45.4 Å². The molecule has 0 heterocycles. The summed E-state index contributed by atoms with van der Waals surface area (Å²) >= 11 is 0. The van der Waals surface area contributed by atoms with Crippen molar-refractivity contribution < 1.29 is 4.92 Å². The highest BCUT2D eigenvalue weighted by molar-refractivity contribution is 5.52. The first-order valence-corrected chi connectivity index (χ1v) is 4.08. The average Bonchev–Trinajstić information content (AvgIpc) is 2.02. The summed E-state index contributed by atoms with van der Waals surface area (Å²) in [5.74, 6) is 0.968. The second kappa shape index (κ2) is 3.56. The molecule has 0 fully saturated rings. The van der Waals surface area contributed by atoms with E-state index in [0.29, 0.717) is 5.56 Å². The van der Waals surface area contributed by atoms with Crippen LogP contribution in [0.3, 0.4) is 0 Å². The number of nitro groups is 1. The maximum atomic E-state index is 10.7. The molecule has 0 amide bonds. The summed E-state index contributed by atoms with van der Waals surface area (Å²) in [6.45, 7) is 5.51. The maximum absolute atomic E-state index is 10.7. The third kappa shape index (κ3) is 1.86. The van der Waals surface area contributed by atoms with E-state index in [1.165, 1.54) is 0 Å². The SMILES string of the molecule is C[C](C)c1cccc(C)c1[N+](=O)[O-]. The molecule has 0 spiro atoms. The average molecular weight is 178 g/mol. The Hall–Kier alpha value is -1.38. The van der Waals surface area contributed by atoms with E-state index in [0.717, 1.165) is 11.5 Å². The van der Waals surface area contributed by atoms with Crippen molar-refractivity contribution in [1.29, 1.82) is 0 Å². The van der Waals surface area contributed by atoms with Gasteiger partial charge in [-0.25, -0.2) is 0 Å². The zero-order chi connectivity index (χ0) is 10.0. The van der Waals surface area contributed by atoms with Crippen LogP contribution in [0, 0.1) is 23.0 Å². The number of rotatable bonds is 2. The Balaban J connectivity index is 3.34. The Morgan fingerprint density at radius 1 is 1.38 bits per heavy atom. The van der Waals surface area contributed by atoms with Gasteiger partial charge in [-0.15, -0.1) is 0 Å². The van der Waals surface area contributed by atoms with E-state index in [9.17, 15) is 10.1 Å². The van der Waals surface area contributed by atoms with Gasteiger partial charge in [0, 0.05) is 17.0 Å². The standard InChI is InChI=1S/C10H12NO2/c1-7(2)9-6-4-5-8(3)10(9)11(12)13/h4-6H,1-3H3. The zero-order valence-corrected chi connectivity index (χ0v) is 8.00. The van der Waals surface area contributed by atoms with Crippen molar-refractivity contribution in [2.75, 3.05) is 0 Å². The number of aryl methyl sites for hydroxylation is 1. The molecular formula is C10H12NO2. The quantitative estimate of drug-likeness (QED) is 0.516. The van der Waals surface area contributed by atoms with Gasteiger partial charge in [-0.05, 0) is 6.92 Å². The van der Waals surface area contributed by atoms with Gasteiger partial charge in [-0.2, -0.15) is 0 Å². The fourth-order valence-corrected chi connectivity index (χ4v) is 1.30. The Morgan fingerprint density at radius 3 is 2.38 bits per heavy atom. The first kappa shape index (κ1) is 9.71. The van der Waals surface area contributed by atoms with Crippen LogP contribution < -0.4 is 0 Å². The van der Waals surface area contributed by atoms with Gasteiger partial charge in [0.25, 0.3) is 5.69 Å². The number of hydrogen-bond donors (Lipinski definition) is 0. The van der Waals surface area contributed by atoms with Crippen LogP contribution in [0.4, 0.5) is 5.69 Å². The number of hydrogen-bond acceptors (Lipinski definition) is 2. The second-order valence-corrected chi connectivity index (χ2v) is 3.23. The van der Waals surface area contributed by atoms with Crippen LogP contribution in [-0.2, 0) is 0 Å². The molecule has 1 rings (SSSR count). The lowest BCUT2D eigenvalue weighted by molar-refractivity contribution is -0.386. The Kier molecular flexibility index (Phi) is 2.66. The van der Waals surface area contributed by atoms with E-state index in [4.69, 9.17) is 0 Å². The fraction of sp³-hybridized carbons (Fsp3) is 0.300. The van der Waals surface area contributed by atoms with Crippen molar-refractivity contribution in [2.45, 2.75) is 20.8 Å². The van der Waals surface area contributed by atoms with Gasteiger partial charge in [0.2, 0.25) is 0 Å². The lowest BCUT2D eigenvalue weighted by Gasteiger charge is -2.06. The molecule has 13 heavy (non-hydrogen) atoms. The second-order valence-electron chi connectivity index (χ2n) is 3.23. The van der Waals surface area contributed by atoms with Gasteiger partial charge >= 0.3 is 0 Å². The summed E-state index contributed by atoms with van der Waals surface area (Å²) in [6.07, 6.45) is 0. The van der Waals surface area contributed by atoms with Crippen LogP contribution >= 0.6 is 0 Å². The summed E-state index contributed by atoms with van der Waals surface area (Å²) in [4.78, 5) is 10.4. The van der Waals surface area contributed by atoms with Crippen LogP contribution in [0.2, 0.25) is 0 Å². The van der Waals surface area contributed by atoms with Gasteiger partial charge in [0.15, 0.2) is 0 Å². The maximum Gasteiger partial charge on any atom is 0.276 e. The van der Waals surface area contributed by atoms with Crippen LogP contribution in [0.25, 0.3) is 0 Å². The molecule has 0 saturated heterocycles. The zero-order valence-electron chi connectivity index (χ0n) is 8.00. The van der Waals surface area contributed by atoms with Gasteiger partial charge in [0.1, 0.15) is 0 Å². The monoisotopic (exact) mass is 178 g/mol. The predicted octanol–water partition coefficient (Wildman–Crippen LogP) is 2.87. The molecular weight excluding hydrogens is 166 g/mol. The molecule has 3 nitrogen and oxygen atoms in total. The Labute approximate surface area is 77.5 Å². The number of nitro benzene ring substituents is 1. The van der Waals surface area contributed by atoms with Gasteiger partial charge in [-0.1, -0.05) is 32.0 Å². The van der Waals surface area contributed by atoms with Crippen molar-refractivity contribution in [2.24, 2.45) is 0 Å². The molecule has 0 aliphatic rings. The minimum absolute atomic E-state index is 0.225. The number of nitrogens with zero attached hydrogens (tertiary/aromatic N) is 1. The van der Waals surface area contributed by atoms with Crippen LogP contribution in [-0.4, -0.2) is 4.92 Å². The summed E-state index contributed by atoms with van der Waals surface area (Å²) in [5, 5.41) is 10.7. The summed E-state index contributed by atoms with van der Waals surface area (Å²) in [6, 6.07) is 5.37. The topological polar surface area (TPSA) is 43.1 Å². The highest BCUT2D eigenvalue weighted by Gasteiger charge is 2.18. The van der Waals surface area contributed by atoms with E-state index >= 15 is 0 Å². The molecule has 0 aromatic heterocycles.